The first kappa shape index (κ1) is 14.3. The van der Waals surface area contributed by atoms with Gasteiger partial charge in [0.25, 0.3) is 11.8 Å². The SMILES string of the molecule is CCC(Br)C(C)(C)CN1C(=O)c2ccccc2C1=O. The molecule has 102 valence electrons. The highest BCUT2D eigenvalue weighted by Gasteiger charge is 2.39. The fourth-order valence-corrected chi connectivity index (χ4v) is 2.59. The van der Waals surface area contributed by atoms with Crippen LogP contribution in [0, 0.1) is 5.41 Å². The van der Waals surface area contributed by atoms with Gasteiger partial charge in [0.15, 0.2) is 0 Å². The summed E-state index contributed by atoms with van der Waals surface area (Å²) >= 11 is 3.63. The van der Waals surface area contributed by atoms with Gasteiger partial charge >= 0.3 is 0 Å². The largest absolute Gasteiger partial charge is 0.274 e. The molecule has 1 heterocycles. The van der Waals surface area contributed by atoms with Crippen LogP contribution in [0.4, 0.5) is 0 Å². The molecular formula is C15H18BrNO2. The van der Waals surface area contributed by atoms with E-state index in [1.807, 2.05) is 0 Å². The second kappa shape index (κ2) is 5.08. The van der Waals surface area contributed by atoms with Crippen LogP contribution in [0.2, 0.25) is 0 Å². The van der Waals surface area contributed by atoms with Crippen LogP contribution in [0.3, 0.4) is 0 Å². The zero-order valence-corrected chi connectivity index (χ0v) is 13.0. The second-order valence-corrected chi connectivity index (χ2v) is 6.71. The van der Waals surface area contributed by atoms with Crippen molar-refractivity contribution in [3.05, 3.63) is 35.4 Å². The lowest BCUT2D eigenvalue weighted by Gasteiger charge is -2.33. The Bertz CT molecular complexity index is 490. The molecule has 1 aromatic rings. The van der Waals surface area contributed by atoms with Gasteiger partial charge in [-0.15, -0.1) is 0 Å². The van der Waals surface area contributed by atoms with E-state index in [1.165, 1.54) is 4.90 Å². The van der Waals surface area contributed by atoms with Crippen molar-refractivity contribution in [2.24, 2.45) is 5.41 Å². The smallest absolute Gasteiger partial charge is 0.261 e. The number of hydrogen-bond acceptors (Lipinski definition) is 2. The van der Waals surface area contributed by atoms with Gasteiger partial charge in [0.1, 0.15) is 0 Å². The van der Waals surface area contributed by atoms with Gasteiger partial charge in [0.2, 0.25) is 0 Å². The van der Waals surface area contributed by atoms with Gasteiger partial charge in [-0.3, -0.25) is 14.5 Å². The highest BCUT2D eigenvalue weighted by Crippen LogP contribution is 2.33. The summed E-state index contributed by atoms with van der Waals surface area (Å²) in [6, 6.07) is 7.01. The van der Waals surface area contributed by atoms with E-state index in [0.29, 0.717) is 17.7 Å². The molecule has 3 nitrogen and oxygen atoms in total. The van der Waals surface area contributed by atoms with Crippen molar-refractivity contribution in [1.29, 1.82) is 0 Å². The van der Waals surface area contributed by atoms with Gasteiger partial charge in [-0.2, -0.15) is 0 Å². The Morgan fingerprint density at radius 3 is 2.05 bits per heavy atom. The van der Waals surface area contributed by atoms with Crippen molar-refractivity contribution in [3.63, 3.8) is 0 Å². The fraction of sp³-hybridized carbons (Fsp3) is 0.467. The van der Waals surface area contributed by atoms with Gasteiger partial charge < -0.3 is 0 Å². The Kier molecular flexibility index (Phi) is 3.81. The fourth-order valence-electron chi connectivity index (χ4n) is 2.44. The number of imide groups is 1. The predicted octanol–water partition coefficient (Wildman–Crippen LogP) is 3.48. The average Bonchev–Trinajstić information content (AvgIpc) is 2.63. The Morgan fingerprint density at radius 1 is 1.16 bits per heavy atom. The van der Waals surface area contributed by atoms with Crippen molar-refractivity contribution in [1.82, 2.24) is 4.90 Å². The third kappa shape index (κ3) is 2.46. The number of benzene rings is 1. The van der Waals surface area contributed by atoms with Crippen LogP contribution in [0.5, 0.6) is 0 Å². The van der Waals surface area contributed by atoms with Crippen molar-refractivity contribution in [2.45, 2.75) is 32.0 Å². The molecule has 1 atom stereocenters. The Labute approximate surface area is 122 Å². The van der Waals surface area contributed by atoms with E-state index in [4.69, 9.17) is 0 Å². The molecule has 4 heteroatoms. The zero-order valence-electron chi connectivity index (χ0n) is 11.4. The molecule has 0 fully saturated rings. The Balaban J connectivity index is 2.26. The Morgan fingerprint density at radius 2 is 1.63 bits per heavy atom. The molecule has 1 aliphatic rings. The first-order chi connectivity index (χ1) is 8.88. The number of carbonyl (C=O) groups excluding carboxylic acids is 2. The maximum absolute atomic E-state index is 12.3. The minimum absolute atomic E-state index is 0.151. The summed E-state index contributed by atoms with van der Waals surface area (Å²) in [5.41, 5.74) is 0.888. The van der Waals surface area contributed by atoms with E-state index < -0.39 is 0 Å². The van der Waals surface area contributed by atoms with Crippen LogP contribution >= 0.6 is 15.9 Å². The van der Waals surface area contributed by atoms with Crippen LogP contribution in [-0.4, -0.2) is 28.1 Å². The van der Waals surface area contributed by atoms with Gasteiger partial charge in [0, 0.05) is 11.4 Å². The first-order valence-corrected chi connectivity index (χ1v) is 7.39. The molecule has 0 bridgehead atoms. The summed E-state index contributed by atoms with van der Waals surface area (Å²) in [6.45, 7) is 6.66. The average molecular weight is 324 g/mol. The van der Waals surface area contributed by atoms with Gasteiger partial charge in [0.05, 0.1) is 11.1 Å². The quantitative estimate of drug-likeness (QED) is 0.628. The number of rotatable bonds is 4. The number of amides is 2. The number of nitrogens with zero attached hydrogens (tertiary/aromatic N) is 1. The summed E-state index contributed by atoms with van der Waals surface area (Å²) < 4.78 is 0. The van der Waals surface area contributed by atoms with Crippen LogP contribution in [0.25, 0.3) is 0 Å². The number of alkyl halides is 1. The highest BCUT2D eigenvalue weighted by atomic mass is 79.9. The summed E-state index contributed by atoms with van der Waals surface area (Å²) in [7, 11) is 0. The molecule has 0 N–H and O–H groups in total. The van der Waals surface area contributed by atoms with E-state index in [2.05, 4.69) is 36.7 Å². The zero-order chi connectivity index (χ0) is 14.2. The number of halogens is 1. The third-order valence-corrected chi connectivity index (χ3v) is 5.54. The number of hydrogen-bond donors (Lipinski definition) is 0. The van der Waals surface area contributed by atoms with Crippen LogP contribution in [0.15, 0.2) is 24.3 Å². The van der Waals surface area contributed by atoms with Crippen molar-refractivity contribution < 1.29 is 9.59 Å². The first-order valence-electron chi connectivity index (χ1n) is 6.47. The maximum Gasteiger partial charge on any atom is 0.261 e. The van der Waals surface area contributed by atoms with E-state index >= 15 is 0 Å². The van der Waals surface area contributed by atoms with Gasteiger partial charge in [-0.1, -0.05) is 48.8 Å². The molecule has 19 heavy (non-hydrogen) atoms. The minimum Gasteiger partial charge on any atom is -0.274 e. The maximum atomic E-state index is 12.3. The standard InChI is InChI=1S/C15H18BrNO2/c1-4-12(16)15(2,3)9-17-13(18)10-7-5-6-8-11(10)14(17)19/h5-8,12H,4,9H2,1-3H3. The van der Waals surface area contributed by atoms with Crippen LogP contribution in [-0.2, 0) is 0 Å². The summed E-state index contributed by atoms with van der Waals surface area (Å²) in [4.78, 5) is 26.2. The molecule has 2 rings (SSSR count). The monoisotopic (exact) mass is 323 g/mol. The Hall–Kier alpha value is -1.16. The van der Waals surface area contributed by atoms with Crippen molar-refractivity contribution >= 4 is 27.7 Å². The molecule has 0 radical (unpaired) electrons. The molecule has 1 unspecified atom stereocenters. The molecular weight excluding hydrogens is 306 g/mol. The molecule has 0 aliphatic carbocycles. The van der Waals surface area contributed by atoms with E-state index in [9.17, 15) is 9.59 Å². The summed E-state index contributed by atoms with van der Waals surface area (Å²) in [5, 5.41) is 0. The van der Waals surface area contributed by atoms with Crippen molar-refractivity contribution in [3.8, 4) is 0 Å². The number of carbonyl (C=O) groups is 2. The lowest BCUT2D eigenvalue weighted by Crippen LogP contribution is -2.42. The van der Waals surface area contributed by atoms with Crippen LogP contribution in [0.1, 0.15) is 47.9 Å². The second-order valence-electron chi connectivity index (χ2n) is 5.61. The lowest BCUT2D eigenvalue weighted by atomic mass is 9.87. The summed E-state index contributed by atoms with van der Waals surface area (Å²) in [6.07, 6.45) is 0.955. The molecule has 1 aromatic carbocycles. The minimum atomic E-state index is -0.176. The molecule has 0 saturated heterocycles. The van der Waals surface area contributed by atoms with Crippen LogP contribution < -0.4 is 0 Å². The van der Waals surface area contributed by atoms with E-state index in [1.54, 1.807) is 24.3 Å². The lowest BCUT2D eigenvalue weighted by molar-refractivity contribution is 0.0589. The van der Waals surface area contributed by atoms with Gasteiger partial charge in [-0.25, -0.2) is 0 Å². The number of fused-ring (bicyclic) bond motifs is 1. The normalized spacial score (nSPS) is 16.7. The predicted molar refractivity (Wildman–Crippen MR) is 78.6 cm³/mol. The molecule has 1 aliphatic heterocycles. The molecule has 0 saturated carbocycles. The van der Waals surface area contributed by atoms with Gasteiger partial charge in [-0.05, 0) is 24.0 Å². The van der Waals surface area contributed by atoms with Crippen molar-refractivity contribution in [2.75, 3.05) is 6.54 Å². The molecule has 2 amide bonds. The molecule has 0 aromatic heterocycles. The van der Waals surface area contributed by atoms with E-state index in [0.717, 1.165) is 6.42 Å². The highest BCUT2D eigenvalue weighted by molar-refractivity contribution is 9.09. The topological polar surface area (TPSA) is 37.4 Å². The summed E-state index contributed by atoms with van der Waals surface area (Å²) in [5.74, 6) is -0.353. The third-order valence-electron chi connectivity index (χ3n) is 3.65. The molecule has 0 spiro atoms. The van der Waals surface area contributed by atoms with E-state index in [-0.39, 0.29) is 22.1 Å².